The molecular weight excluding hydrogens is 274 g/mol. The quantitative estimate of drug-likeness (QED) is 0.864. The molecule has 2 fully saturated rings. The number of hydrogen-bond acceptors (Lipinski definition) is 3. The number of rotatable bonds is 1. The molecule has 0 bridgehead atoms. The highest BCUT2D eigenvalue weighted by atomic mass is 16.2. The number of anilines is 1. The van der Waals surface area contributed by atoms with Gasteiger partial charge < -0.3 is 10.2 Å². The molecule has 0 radical (unpaired) electrons. The van der Waals surface area contributed by atoms with E-state index in [0.717, 1.165) is 50.3 Å². The molecular formula is C18H25N3O. The molecule has 1 aromatic rings. The molecule has 4 heteroatoms. The van der Waals surface area contributed by atoms with Crippen molar-refractivity contribution in [2.45, 2.75) is 38.1 Å². The minimum atomic E-state index is 0.241. The largest absolute Gasteiger partial charge is 0.385 e. The molecule has 0 aromatic heterocycles. The van der Waals surface area contributed by atoms with E-state index in [1.165, 1.54) is 31.4 Å². The van der Waals surface area contributed by atoms with E-state index in [1.54, 1.807) is 0 Å². The van der Waals surface area contributed by atoms with E-state index in [0.29, 0.717) is 6.04 Å². The summed E-state index contributed by atoms with van der Waals surface area (Å²) in [6.07, 6.45) is 6.02. The smallest absolute Gasteiger partial charge is 0.254 e. The Bertz CT molecular complexity index is 571. The number of nitrogens with one attached hydrogen (secondary N) is 1. The Morgan fingerprint density at radius 2 is 2.09 bits per heavy atom. The van der Waals surface area contributed by atoms with E-state index in [1.807, 2.05) is 12.1 Å². The Morgan fingerprint density at radius 1 is 1.14 bits per heavy atom. The van der Waals surface area contributed by atoms with Gasteiger partial charge >= 0.3 is 0 Å². The van der Waals surface area contributed by atoms with Gasteiger partial charge in [-0.1, -0.05) is 12.5 Å². The number of carbonyl (C=O) groups excluding carboxylic acids is 1. The molecule has 1 amide bonds. The van der Waals surface area contributed by atoms with Gasteiger partial charge in [-0.3, -0.25) is 9.69 Å². The van der Waals surface area contributed by atoms with Crippen LogP contribution in [0.3, 0.4) is 0 Å². The summed E-state index contributed by atoms with van der Waals surface area (Å²) in [7, 11) is 0. The molecule has 0 spiro atoms. The summed E-state index contributed by atoms with van der Waals surface area (Å²) in [6.45, 7) is 5.08. The van der Waals surface area contributed by atoms with E-state index in [-0.39, 0.29) is 5.91 Å². The maximum absolute atomic E-state index is 13.0. The van der Waals surface area contributed by atoms with Gasteiger partial charge in [0.15, 0.2) is 0 Å². The highest BCUT2D eigenvalue weighted by Gasteiger charge is 2.32. The van der Waals surface area contributed by atoms with Crippen molar-refractivity contribution in [3.63, 3.8) is 0 Å². The fourth-order valence-corrected chi connectivity index (χ4v) is 4.22. The Labute approximate surface area is 132 Å². The maximum Gasteiger partial charge on any atom is 0.254 e. The highest BCUT2D eigenvalue weighted by Crippen LogP contribution is 2.28. The minimum Gasteiger partial charge on any atom is -0.385 e. The van der Waals surface area contributed by atoms with E-state index in [4.69, 9.17) is 0 Å². The van der Waals surface area contributed by atoms with Crippen LogP contribution >= 0.6 is 0 Å². The number of carbonyl (C=O) groups is 1. The Kier molecular flexibility index (Phi) is 3.78. The van der Waals surface area contributed by atoms with Gasteiger partial charge in [0.2, 0.25) is 0 Å². The third-order valence-corrected chi connectivity index (χ3v) is 5.45. The summed E-state index contributed by atoms with van der Waals surface area (Å²) in [5.41, 5.74) is 3.31. The lowest BCUT2D eigenvalue weighted by Crippen LogP contribution is -2.56. The average Bonchev–Trinajstić information content (AvgIpc) is 2.60. The molecule has 4 nitrogen and oxygen atoms in total. The fourth-order valence-electron chi connectivity index (χ4n) is 4.22. The van der Waals surface area contributed by atoms with Crippen molar-refractivity contribution in [1.82, 2.24) is 9.80 Å². The molecule has 1 N–H and O–H groups in total. The van der Waals surface area contributed by atoms with Crippen molar-refractivity contribution >= 4 is 11.6 Å². The summed E-state index contributed by atoms with van der Waals surface area (Å²) in [4.78, 5) is 17.7. The molecule has 2 saturated heterocycles. The Balaban J connectivity index is 1.55. The summed E-state index contributed by atoms with van der Waals surface area (Å²) in [5, 5.41) is 3.43. The molecule has 3 heterocycles. The van der Waals surface area contributed by atoms with E-state index >= 15 is 0 Å². The lowest BCUT2D eigenvalue weighted by molar-refractivity contribution is 0.0371. The Morgan fingerprint density at radius 3 is 3.05 bits per heavy atom. The molecule has 1 unspecified atom stereocenters. The number of piperidine rings is 1. The summed E-state index contributed by atoms with van der Waals surface area (Å²) in [6, 6.07) is 6.72. The zero-order valence-electron chi connectivity index (χ0n) is 13.2. The van der Waals surface area contributed by atoms with Gasteiger partial charge in [0.05, 0.1) is 0 Å². The molecule has 3 aliphatic rings. The summed E-state index contributed by atoms with van der Waals surface area (Å²) in [5.74, 6) is 0.241. The monoisotopic (exact) mass is 299 g/mol. The van der Waals surface area contributed by atoms with Gasteiger partial charge in [-0.05, 0) is 49.9 Å². The number of hydrogen-bond donors (Lipinski definition) is 1. The van der Waals surface area contributed by atoms with Gasteiger partial charge in [0, 0.05) is 43.5 Å². The third-order valence-electron chi connectivity index (χ3n) is 5.45. The predicted molar refractivity (Wildman–Crippen MR) is 88.4 cm³/mol. The molecule has 0 aliphatic carbocycles. The third kappa shape index (κ3) is 2.50. The first-order valence-electron chi connectivity index (χ1n) is 8.72. The summed E-state index contributed by atoms with van der Waals surface area (Å²) < 4.78 is 0. The van der Waals surface area contributed by atoms with Crippen LogP contribution in [0.5, 0.6) is 0 Å². The predicted octanol–water partition coefficient (Wildman–Crippen LogP) is 2.36. The van der Waals surface area contributed by atoms with Gasteiger partial charge in [0.25, 0.3) is 5.91 Å². The van der Waals surface area contributed by atoms with Crippen LogP contribution in [0.25, 0.3) is 0 Å². The molecule has 1 aromatic carbocycles. The van der Waals surface area contributed by atoms with E-state index < -0.39 is 0 Å². The van der Waals surface area contributed by atoms with Gasteiger partial charge in [-0.25, -0.2) is 0 Å². The van der Waals surface area contributed by atoms with Crippen LogP contribution in [0.1, 0.15) is 41.6 Å². The normalized spacial score (nSPS) is 25.1. The number of fused-ring (bicyclic) bond motifs is 2. The van der Waals surface area contributed by atoms with E-state index in [9.17, 15) is 4.79 Å². The minimum absolute atomic E-state index is 0.241. The molecule has 118 valence electrons. The first kappa shape index (κ1) is 14.1. The van der Waals surface area contributed by atoms with E-state index in [2.05, 4.69) is 21.2 Å². The molecule has 4 rings (SSSR count). The van der Waals surface area contributed by atoms with Crippen LogP contribution in [0.4, 0.5) is 5.69 Å². The van der Waals surface area contributed by atoms with Crippen molar-refractivity contribution in [1.29, 1.82) is 0 Å². The van der Waals surface area contributed by atoms with Crippen LogP contribution in [0.2, 0.25) is 0 Å². The number of amides is 1. The van der Waals surface area contributed by atoms with Crippen LogP contribution in [0, 0.1) is 0 Å². The van der Waals surface area contributed by atoms with Crippen molar-refractivity contribution in [2.24, 2.45) is 0 Å². The molecule has 1 atom stereocenters. The number of benzene rings is 1. The topological polar surface area (TPSA) is 35.6 Å². The van der Waals surface area contributed by atoms with Crippen molar-refractivity contribution in [3.8, 4) is 0 Å². The van der Waals surface area contributed by atoms with Gasteiger partial charge in [0.1, 0.15) is 0 Å². The zero-order chi connectivity index (χ0) is 14.9. The lowest BCUT2D eigenvalue weighted by atomic mass is 9.95. The van der Waals surface area contributed by atoms with Crippen LogP contribution < -0.4 is 5.32 Å². The molecule has 0 saturated carbocycles. The Hall–Kier alpha value is -1.55. The second-order valence-corrected chi connectivity index (χ2v) is 6.80. The average molecular weight is 299 g/mol. The molecule has 3 aliphatic heterocycles. The lowest BCUT2D eigenvalue weighted by Gasteiger charge is -2.44. The van der Waals surface area contributed by atoms with Crippen molar-refractivity contribution in [3.05, 3.63) is 29.3 Å². The number of piperazine rings is 1. The highest BCUT2D eigenvalue weighted by molar-refractivity contribution is 5.97. The van der Waals surface area contributed by atoms with Crippen LogP contribution in [0.15, 0.2) is 18.2 Å². The van der Waals surface area contributed by atoms with Crippen LogP contribution in [-0.2, 0) is 6.42 Å². The fraction of sp³-hybridized carbons (Fsp3) is 0.611. The maximum atomic E-state index is 13.0. The standard InChI is InChI=1S/C18H25N3O/c22-18(16-6-3-8-17-15(16)7-4-9-19-17)21-12-11-20-10-2-1-5-14(20)13-21/h3,6,8,14,19H,1-2,4-5,7,9-13H2. The number of nitrogens with zero attached hydrogens (tertiary/aromatic N) is 2. The van der Waals surface area contributed by atoms with Gasteiger partial charge in [-0.2, -0.15) is 0 Å². The van der Waals surface area contributed by atoms with Crippen molar-refractivity contribution in [2.75, 3.05) is 38.0 Å². The van der Waals surface area contributed by atoms with Crippen molar-refractivity contribution < 1.29 is 4.79 Å². The zero-order valence-corrected chi connectivity index (χ0v) is 13.2. The second-order valence-electron chi connectivity index (χ2n) is 6.80. The molecule has 22 heavy (non-hydrogen) atoms. The first-order chi connectivity index (χ1) is 10.8. The summed E-state index contributed by atoms with van der Waals surface area (Å²) >= 11 is 0. The first-order valence-corrected chi connectivity index (χ1v) is 8.72. The van der Waals surface area contributed by atoms with Crippen LogP contribution in [-0.4, -0.2) is 54.5 Å². The second kappa shape index (κ2) is 5.92. The SMILES string of the molecule is O=C(c1cccc2c1CCCN2)N1CCN2CCCCC2C1. The van der Waals surface area contributed by atoms with Gasteiger partial charge in [-0.15, -0.1) is 0 Å².